The molecule has 0 saturated heterocycles. The van der Waals surface area contributed by atoms with Crippen LogP contribution in [0.5, 0.6) is 0 Å². The summed E-state index contributed by atoms with van der Waals surface area (Å²) in [5, 5.41) is 3.39. The van der Waals surface area contributed by atoms with Gasteiger partial charge in [-0.3, -0.25) is 0 Å². The van der Waals surface area contributed by atoms with Gasteiger partial charge in [-0.2, -0.15) is 0 Å². The van der Waals surface area contributed by atoms with Crippen LogP contribution in [0.25, 0.3) is 0 Å². The molecule has 0 atom stereocenters. The Morgan fingerprint density at radius 1 is 1.40 bits per heavy atom. The maximum absolute atomic E-state index is 12.9. The van der Waals surface area contributed by atoms with Crippen molar-refractivity contribution >= 4 is 11.6 Å². The Morgan fingerprint density at radius 2 is 2.07 bits per heavy atom. The van der Waals surface area contributed by atoms with Gasteiger partial charge in [0.25, 0.3) is 5.92 Å². The molecule has 0 unspecified atom stereocenters. The normalized spacial score (nSPS) is 11.8. The van der Waals surface area contributed by atoms with E-state index >= 15 is 0 Å². The fourth-order valence-corrected chi connectivity index (χ4v) is 1.56. The van der Waals surface area contributed by atoms with Crippen LogP contribution in [-0.2, 0) is 12.3 Å². The molecule has 0 aliphatic carbocycles. The first-order chi connectivity index (χ1) is 6.95. The second-order valence-electron chi connectivity index (χ2n) is 3.55. The summed E-state index contributed by atoms with van der Waals surface area (Å²) in [5.74, 6) is -2.83. The Hall–Kier alpha value is -0.670. The number of nitrogens with one attached hydrogen (secondary N) is 1. The summed E-state index contributed by atoms with van der Waals surface area (Å²) in [4.78, 5) is 0. The average Bonchev–Trinajstić information content (AvgIpc) is 2.14. The Balaban J connectivity index is 2.88. The predicted molar refractivity (Wildman–Crippen MR) is 58.7 cm³/mol. The van der Waals surface area contributed by atoms with Gasteiger partial charge in [0.15, 0.2) is 0 Å². The van der Waals surface area contributed by atoms with E-state index in [0.29, 0.717) is 5.02 Å². The zero-order valence-electron chi connectivity index (χ0n) is 8.78. The van der Waals surface area contributed by atoms with Crippen LogP contribution in [0.3, 0.4) is 0 Å². The van der Waals surface area contributed by atoms with Crippen LogP contribution in [0.15, 0.2) is 18.2 Å². The van der Waals surface area contributed by atoms with Gasteiger partial charge in [-0.25, -0.2) is 8.78 Å². The second kappa shape index (κ2) is 4.90. The first-order valence-corrected chi connectivity index (χ1v) is 5.14. The van der Waals surface area contributed by atoms with Crippen molar-refractivity contribution in [3.63, 3.8) is 0 Å². The minimum Gasteiger partial charge on any atom is -0.319 e. The number of halogens is 3. The molecule has 15 heavy (non-hydrogen) atoms. The van der Waals surface area contributed by atoms with Crippen LogP contribution >= 0.6 is 11.6 Å². The van der Waals surface area contributed by atoms with Crippen molar-refractivity contribution < 1.29 is 8.78 Å². The first kappa shape index (κ1) is 12.4. The van der Waals surface area contributed by atoms with Gasteiger partial charge in [-0.15, -0.1) is 0 Å². The number of hydrogen-bond donors (Lipinski definition) is 1. The summed E-state index contributed by atoms with van der Waals surface area (Å²) in [7, 11) is 1.84. The Labute approximate surface area is 93.4 Å². The Kier molecular flexibility index (Phi) is 4.05. The monoisotopic (exact) mass is 233 g/mol. The minimum absolute atomic E-state index is 0.0410. The summed E-state index contributed by atoms with van der Waals surface area (Å²) in [6, 6.07) is 4.43. The molecule has 0 saturated carbocycles. The van der Waals surface area contributed by atoms with Crippen molar-refractivity contribution in [1.82, 2.24) is 5.32 Å². The highest BCUT2D eigenvalue weighted by atomic mass is 35.5. The van der Waals surface area contributed by atoms with E-state index in [-0.39, 0.29) is 5.56 Å². The third kappa shape index (κ3) is 3.43. The van der Waals surface area contributed by atoms with Crippen molar-refractivity contribution in [2.24, 2.45) is 0 Å². The highest BCUT2D eigenvalue weighted by Gasteiger charge is 2.24. The van der Waals surface area contributed by atoms with Crippen LogP contribution in [0.1, 0.15) is 18.1 Å². The summed E-state index contributed by atoms with van der Waals surface area (Å²) >= 11 is 5.91. The minimum atomic E-state index is -2.83. The van der Waals surface area contributed by atoms with E-state index in [0.717, 1.165) is 25.5 Å². The molecule has 0 aliphatic rings. The summed E-state index contributed by atoms with van der Waals surface area (Å²) in [6.45, 7) is 1.65. The molecule has 0 amide bonds. The third-order valence-electron chi connectivity index (χ3n) is 2.20. The lowest BCUT2D eigenvalue weighted by Crippen LogP contribution is -2.11. The van der Waals surface area contributed by atoms with Crippen LogP contribution in [0.4, 0.5) is 8.78 Å². The van der Waals surface area contributed by atoms with Crippen molar-refractivity contribution in [3.05, 3.63) is 34.3 Å². The molecule has 1 aromatic rings. The third-order valence-corrected chi connectivity index (χ3v) is 2.56. The molecule has 0 radical (unpaired) electrons. The maximum atomic E-state index is 12.9. The predicted octanol–water partition coefficient (Wildman–Crippen LogP) is 3.21. The SMILES string of the molecule is CNCCc1ccc(C(C)(F)F)cc1Cl. The number of benzene rings is 1. The van der Waals surface area contributed by atoms with Crippen LogP contribution in [0.2, 0.25) is 5.02 Å². The van der Waals surface area contributed by atoms with Gasteiger partial charge in [0.1, 0.15) is 0 Å². The molecule has 1 rings (SSSR count). The smallest absolute Gasteiger partial charge is 0.270 e. The molecule has 4 heteroatoms. The van der Waals surface area contributed by atoms with Gasteiger partial charge in [0.2, 0.25) is 0 Å². The molecule has 1 nitrogen and oxygen atoms in total. The molecule has 0 aliphatic heterocycles. The van der Waals surface area contributed by atoms with Gasteiger partial charge < -0.3 is 5.32 Å². The van der Waals surface area contributed by atoms with Crippen molar-refractivity contribution in [2.75, 3.05) is 13.6 Å². The summed E-state index contributed by atoms with van der Waals surface area (Å²) < 4.78 is 25.9. The second-order valence-corrected chi connectivity index (χ2v) is 3.96. The molecule has 1 N–H and O–H groups in total. The lowest BCUT2D eigenvalue weighted by molar-refractivity contribution is 0.0174. The fourth-order valence-electron chi connectivity index (χ4n) is 1.28. The van der Waals surface area contributed by atoms with Gasteiger partial charge >= 0.3 is 0 Å². The largest absolute Gasteiger partial charge is 0.319 e. The van der Waals surface area contributed by atoms with E-state index in [4.69, 9.17) is 11.6 Å². The van der Waals surface area contributed by atoms with Gasteiger partial charge in [-0.1, -0.05) is 23.7 Å². The molecular formula is C11H14ClF2N. The van der Waals surface area contributed by atoms with Crippen LogP contribution in [0, 0.1) is 0 Å². The van der Waals surface area contributed by atoms with E-state index in [2.05, 4.69) is 5.32 Å². The van der Waals surface area contributed by atoms with Gasteiger partial charge in [-0.05, 0) is 31.6 Å². The molecule has 1 aromatic carbocycles. The lowest BCUT2D eigenvalue weighted by atomic mass is 10.1. The van der Waals surface area contributed by atoms with E-state index < -0.39 is 5.92 Å². The average molecular weight is 234 g/mol. The fraction of sp³-hybridized carbons (Fsp3) is 0.455. The molecule has 0 aromatic heterocycles. The molecule has 84 valence electrons. The Bertz CT molecular complexity index is 334. The van der Waals surface area contributed by atoms with E-state index in [1.54, 1.807) is 6.07 Å². The zero-order chi connectivity index (χ0) is 11.5. The quantitative estimate of drug-likeness (QED) is 0.842. The first-order valence-electron chi connectivity index (χ1n) is 4.76. The lowest BCUT2D eigenvalue weighted by Gasteiger charge is -2.12. The molecule has 0 heterocycles. The number of hydrogen-bond acceptors (Lipinski definition) is 1. The number of alkyl halides is 2. The molecule has 0 spiro atoms. The maximum Gasteiger partial charge on any atom is 0.270 e. The number of rotatable bonds is 4. The van der Waals surface area contributed by atoms with E-state index in [1.807, 2.05) is 7.05 Å². The van der Waals surface area contributed by atoms with Gasteiger partial charge in [0, 0.05) is 17.5 Å². The summed E-state index contributed by atoms with van der Waals surface area (Å²) in [5.41, 5.74) is 0.847. The summed E-state index contributed by atoms with van der Waals surface area (Å²) in [6.07, 6.45) is 0.741. The van der Waals surface area contributed by atoms with Crippen LogP contribution < -0.4 is 5.32 Å². The molecule has 0 fully saturated rings. The molecule has 0 bridgehead atoms. The highest BCUT2D eigenvalue weighted by Crippen LogP contribution is 2.30. The standard InChI is InChI=1S/C11H14ClF2N/c1-11(13,14)9-4-3-8(5-6-15-2)10(12)7-9/h3-4,7,15H,5-6H2,1-2H3. The van der Waals surface area contributed by atoms with Crippen molar-refractivity contribution in [3.8, 4) is 0 Å². The van der Waals surface area contributed by atoms with Crippen molar-refractivity contribution in [2.45, 2.75) is 19.3 Å². The van der Waals surface area contributed by atoms with Gasteiger partial charge in [0.05, 0.1) is 0 Å². The topological polar surface area (TPSA) is 12.0 Å². The Morgan fingerprint density at radius 3 is 2.53 bits per heavy atom. The zero-order valence-corrected chi connectivity index (χ0v) is 9.54. The molecular weight excluding hydrogens is 220 g/mol. The highest BCUT2D eigenvalue weighted by molar-refractivity contribution is 6.31. The van der Waals surface area contributed by atoms with E-state index in [1.165, 1.54) is 12.1 Å². The number of likely N-dealkylation sites (N-methyl/N-ethyl adjacent to an activating group) is 1. The van der Waals surface area contributed by atoms with E-state index in [9.17, 15) is 8.78 Å². The van der Waals surface area contributed by atoms with Crippen LogP contribution in [-0.4, -0.2) is 13.6 Å². The van der Waals surface area contributed by atoms with Crippen molar-refractivity contribution in [1.29, 1.82) is 0 Å².